The Morgan fingerprint density at radius 1 is 1.04 bits per heavy atom. The zero-order valence-electron chi connectivity index (χ0n) is 29.1. The Bertz CT molecular complexity index is 2350. The van der Waals surface area contributed by atoms with Crippen LogP contribution < -0.4 is 0 Å². The van der Waals surface area contributed by atoms with E-state index in [0.717, 1.165) is 12.1 Å². The van der Waals surface area contributed by atoms with Gasteiger partial charge < -0.3 is 5.11 Å². The first kappa shape index (κ1) is 38.1. The molecule has 8 nitrogen and oxygen atoms in total. The van der Waals surface area contributed by atoms with Gasteiger partial charge in [0, 0.05) is 53.6 Å². The molecule has 0 radical (unpaired) electrons. The van der Waals surface area contributed by atoms with Crippen molar-refractivity contribution in [2.75, 3.05) is 0 Å². The van der Waals surface area contributed by atoms with Gasteiger partial charge in [0.05, 0.1) is 12.1 Å². The van der Waals surface area contributed by atoms with Crippen LogP contribution in [-0.2, 0) is 30.1 Å². The summed E-state index contributed by atoms with van der Waals surface area (Å²) in [5.41, 5.74) is -2.29. The second-order valence-electron chi connectivity index (χ2n) is 14.4. The first-order valence-corrected chi connectivity index (χ1v) is 17.2. The molecule has 0 spiro atoms. The van der Waals surface area contributed by atoms with Crippen molar-refractivity contribution in [1.82, 2.24) is 29.4 Å². The maximum atomic E-state index is 15.3. The van der Waals surface area contributed by atoms with Crippen LogP contribution in [0.15, 0.2) is 48.7 Å². The number of ketones is 1. The van der Waals surface area contributed by atoms with Gasteiger partial charge in [-0.05, 0) is 80.5 Å². The molecule has 7 rings (SSSR count). The summed E-state index contributed by atoms with van der Waals surface area (Å²) < 4.78 is 129. The first-order valence-electron chi connectivity index (χ1n) is 17.2. The van der Waals surface area contributed by atoms with Crippen LogP contribution in [0.5, 0.6) is 0 Å². The van der Waals surface area contributed by atoms with E-state index in [1.54, 1.807) is 12.1 Å². The molecule has 1 N–H and O–H groups in total. The minimum atomic E-state index is -4.47. The number of aromatic nitrogens is 6. The zero-order valence-corrected chi connectivity index (χ0v) is 29.1. The third kappa shape index (κ3) is 7.82. The van der Waals surface area contributed by atoms with Gasteiger partial charge in [0.25, 0.3) is 12.3 Å². The Morgan fingerprint density at radius 2 is 1.76 bits per heavy atom. The fourth-order valence-electron chi connectivity index (χ4n) is 7.26. The topological polar surface area (TPSA) is 98.2 Å². The molecular weight excluding hydrogens is 743 g/mol. The SMILES string of the molecule is CC(C)(O)C#Cc1ccc(-c2cccn3c(CCC(F)(F)F)nnc23)c([C@@H](CC(=O)Cn2nc(C(F)F)c3c2C(F)(F)[C@@H]2C[C@H]32)Cc2cc(F)cc(F)c2)n1. The smallest absolute Gasteiger partial charge is 0.378 e. The predicted octanol–water partition coefficient (Wildman–Crippen LogP) is 8.02. The minimum absolute atomic E-state index is 0.00247. The third-order valence-electron chi connectivity index (χ3n) is 9.61. The van der Waals surface area contributed by atoms with Crippen molar-refractivity contribution >= 4 is 11.4 Å². The highest BCUT2D eigenvalue weighted by atomic mass is 19.4. The molecule has 2 aliphatic carbocycles. The van der Waals surface area contributed by atoms with Crippen LogP contribution in [0.3, 0.4) is 0 Å². The quantitative estimate of drug-likeness (QED) is 0.108. The van der Waals surface area contributed by atoms with Crippen LogP contribution in [-0.4, -0.2) is 52.0 Å². The van der Waals surface area contributed by atoms with Gasteiger partial charge in [-0.3, -0.25) is 13.9 Å². The van der Waals surface area contributed by atoms with Crippen LogP contribution in [0.25, 0.3) is 16.8 Å². The molecule has 0 amide bonds. The van der Waals surface area contributed by atoms with Gasteiger partial charge >= 0.3 is 6.18 Å². The summed E-state index contributed by atoms with van der Waals surface area (Å²) in [4.78, 5) is 18.6. The highest BCUT2D eigenvalue weighted by molar-refractivity contribution is 5.82. The molecule has 4 aromatic heterocycles. The summed E-state index contributed by atoms with van der Waals surface area (Å²) in [6.45, 7) is 2.03. The van der Waals surface area contributed by atoms with Crippen molar-refractivity contribution in [2.24, 2.45) is 5.92 Å². The van der Waals surface area contributed by atoms with Crippen molar-refractivity contribution in [2.45, 2.75) is 88.5 Å². The summed E-state index contributed by atoms with van der Waals surface area (Å²) >= 11 is 0. The van der Waals surface area contributed by atoms with Crippen LogP contribution in [0.2, 0.25) is 0 Å². The van der Waals surface area contributed by atoms with Crippen LogP contribution in [0.4, 0.5) is 39.5 Å². The van der Waals surface area contributed by atoms with E-state index in [0.29, 0.717) is 16.3 Å². The molecule has 55 heavy (non-hydrogen) atoms. The highest BCUT2D eigenvalue weighted by Crippen LogP contribution is 2.68. The normalized spacial score (nSPS) is 17.9. The number of aryl methyl sites for hydroxylation is 1. The number of rotatable bonds is 11. The van der Waals surface area contributed by atoms with E-state index in [2.05, 4.69) is 32.1 Å². The van der Waals surface area contributed by atoms with Crippen molar-refractivity contribution in [3.05, 3.63) is 100 Å². The Morgan fingerprint density at radius 3 is 2.44 bits per heavy atom. The van der Waals surface area contributed by atoms with Gasteiger partial charge in [-0.2, -0.15) is 27.1 Å². The maximum Gasteiger partial charge on any atom is 0.389 e. The van der Waals surface area contributed by atoms with Crippen molar-refractivity contribution in [1.29, 1.82) is 0 Å². The van der Waals surface area contributed by atoms with Gasteiger partial charge in [0.1, 0.15) is 46.7 Å². The van der Waals surface area contributed by atoms with E-state index in [9.17, 15) is 40.6 Å². The van der Waals surface area contributed by atoms with Crippen molar-refractivity contribution < 1.29 is 49.4 Å². The number of halogens is 9. The van der Waals surface area contributed by atoms with E-state index in [-0.39, 0.29) is 52.4 Å². The highest BCUT2D eigenvalue weighted by Gasteiger charge is 2.67. The van der Waals surface area contributed by atoms with E-state index in [1.807, 2.05) is 0 Å². The van der Waals surface area contributed by atoms with E-state index >= 15 is 8.78 Å². The number of benzene rings is 1. The summed E-state index contributed by atoms with van der Waals surface area (Å²) in [5.74, 6) is -3.77. The number of carbonyl (C=O) groups is 1. The number of aliphatic hydroxyl groups is 1. The molecule has 0 bridgehead atoms. The van der Waals surface area contributed by atoms with Gasteiger partial charge in [0.2, 0.25) is 0 Å². The van der Waals surface area contributed by atoms with Crippen LogP contribution in [0, 0.1) is 29.4 Å². The van der Waals surface area contributed by atoms with Gasteiger partial charge in [-0.1, -0.05) is 5.92 Å². The predicted molar refractivity (Wildman–Crippen MR) is 178 cm³/mol. The molecule has 1 saturated carbocycles. The summed E-state index contributed by atoms with van der Waals surface area (Å²) in [6, 6.07) is 8.84. The number of pyridine rings is 2. The molecule has 0 saturated heterocycles. The second-order valence-corrected chi connectivity index (χ2v) is 14.4. The Labute approximate surface area is 307 Å². The largest absolute Gasteiger partial charge is 0.389 e. The molecule has 0 unspecified atom stereocenters. The summed E-state index contributed by atoms with van der Waals surface area (Å²) in [7, 11) is 0. The Hall–Kier alpha value is -5.24. The van der Waals surface area contributed by atoms with Gasteiger partial charge in [-0.25, -0.2) is 22.5 Å². The summed E-state index contributed by atoms with van der Waals surface area (Å²) in [5, 5.41) is 22.1. The minimum Gasteiger partial charge on any atom is -0.378 e. The average molecular weight is 775 g/mol. The first-order chi connectivity index (χ1) is 25.8. The number of fused-ring (bicyclic) bond motifs is 4. The summed E-state index contributed by atoms with van der Waals surface area (Å²) in [6.07, 6.45) is -8.58. The lowest BCUT2D eigenvalue weighted by molar-refractivity contribution is -0.134. The number of nitrogens with zero attached hydrogens (tertiary/aromatic N) is 6. The van der Waals surface area contributed by atoms with E-state index < -0.39 is 96.5 Å². The Balaban J connectivity index is 1.34. The van der Waals surface area contributed by atoms with Crippen LogP contribution >= 0.6 is 0 Å². The second kappa shape index (κ2) is 13.8. The molecule has 2 aliphatic rings. The number of Topliss-reactive ketones (excluding diaryl/α,β-unsaturated/α-hetero) is 1. The van der Waals surface area contributed by atoms with E-state index in [1.165, 1.54) is 36.6 Å². The van der Waals surface area contributed by atoms with Gasteiger partial charge in [0.15, 0.2) is 11.4 Å². The van der Waals surface area contributed by atoms with Gasteiger partial charge in [-0.15, -0.1) is 10.2 Å². The third-order valence-corrected chi connectivity index (χ3v) is 9.61. The molecule has 288 valence electrons. The number of alkyl halides is 7. The van der Waals surface area contributed by atoms with Crippen LogP contribution in [0.1, 0.15) is 91.1 Å². The molecule has 17 heteroatoms. The monoisotopic (exact) mass is 774 g/mol. The van der Waals surface area contributed by atoms with Crippen molar-refractivity contribution in [3.8, 4) is 23.0 Å². The molecule has 1 fully saturated rings. The lowest BCUT2D eigenvalue weighted by Crippen LogP contribution is -2.24. The van der Waals surface area contributed by atoms with E-state index in [4.69, 9.17) is 0 Å². The molecule has 3 atom stereocenters. The number of carbonyl (C=O) groups excluding carboxylic acids is 1. The number of hydrogen-bond donors (Lipinski definition) is 1. The molecule has 0 aliphatic heterocycles. The molecule has 4 heterocycles. The maximum absolute atomic E-state index is 15.3. The average Bonchev–Trinajstić information content (AvgIpc) is 3.54. The lowest BCUT2D eigenvalue weighted by atomic mass is 9.86. The lowest BCUT2D eigenvalue weighted by Gasteiger charge is -2.21. The van der Waals surface area contributed by atoms with Crippen molar-refractivity contribution in [3.63, 3.8) is 0 Å². The fraction of sp³-hybridized carbons (Fsp3) is 0.395. The Kier molecular flexibility index (Phi) is 9.55. The molecule has 5 aromatic rings. The zero-order chi connectivity index (χ0) is 39.6. The molecular formula is C38H31F9N6O2. The standard InChI is InChI=1S/C38H31F9N6O2/c1-36(2,55)9-7-23-5-6-25(26-4-3-11-52-29(49-50-35(26)52)8-10-37(43,44)45)31(48-23)20(12-19-13-21(39)16-22(40)14-19)15-24(54)18-53-33-30(32(51-53)34(41)42)27-17-28(27)38(33,46)47/h3-6,11,13-14,16,20,27-28,34,55H,8,10,12,15,17-18H2,1-2H3/t20-,27+,28-/m1/s1. The number of hydrogen-bond acceptors (Lipinski definition) is 6. The fourth-order valence-corrected chi connectivity index (χ4v) is 7.26. The molecule has 1 aromatic carbocycles.